The topological polar surface area (TPSA) is 57.6 Å². The van der Waals surface area contributed by atoms with Crippen molar-refractivity contribution in [2.45, 2.75) is 12.8 Å². The van der Waals surface area contributed by atoms with Gasteiger partial charge in [-0.3, -0.25) is 9.59 Å². The van der Waals surface area contributed by atoms with Gasteiger partial charge in [-0.05, 0) is 25.0 Å². The number of aliphatic carboxylic acids is 1. The van der Waals surface area contributed by atoms with Crippen molar-refractivity contribution in [1.82, 2.24) is 4.90 Å². The standard InChI is InChI=1S/C13H12BrF2NO3/c14-8-5-9(15)11(10(16)6-8)12(18)17-3-1-7(2-4-17)13(19)20/h5-7H,1-4H2,(H,19,20). The molecule has 0 unspecified atom stereocenters. The molecule has 4 nitrogen and oxygen atoms in total. The Morgan fingerprint density at radius 1 is 1.20 bits per heavy atom. The minimum atomic E-state index is -0.928. The largest absolute Gasteiger partial charge is 0.481 e. The van der Waals surface area contributed by atoms with E-state index in [0.717, 1.165) is 12.1 Å². The van der Waals surface area contributed by atoms with E-state index >= 15 is 0 Å². The van der Waals surface area contributed by atoms with Gasteiger partial charge < -0.3 is 10.0 Å². The SMILES string of the molecule is O=C(O)C1CCN(C(=O)c2c(F)cc(Br)cc2F)CC1. The second-order valence-electron chi connectivity index (χ2n) is 4.65. The Morgan fingerprint density at radius 2 is 1.70 bits per heavy atom. The van der Waals surface area contributed by atoms with Gasteiger partial charge in [0.25, 0.3) is 5.91 Å². The Labute approximate surface area is 122 Å². The highest BCUT2D eigenvalue weighted by Gasteiger charge is 2.30. The molecule has 108 valence electrons. The van der Waals surface area contributed by atoms with Crippen molar-refractivity contribution in [1.29, 1.82) is 0 Å². The molecule has 1 aliphatic rings. The van der Waals surface area contributed by atoms with Gasteiger partial charge in [-0.2, -0.15) is 0 Å². The van der Waals surface area contributed by atoms with E-state index in [1.54, 1.807) is 0 Å². The summed E-state index contributed by atoms with van der Waals surface area (Å²) in [4.78, 5) is 24.2. The molecule has 0 bridgehead atoms. The zero-order valence-corrected chi connectivity index (χ0v) is 12.0. The van der Waals surface area contributed by atoms with E-state index in [-0.39, 0.29) is 17.6 Å². The summed E-state index contributed by atoms with van der Waals surface area (Å²) in [7, 11) is 0. The molecule has 1 aliphatic heterocycles. The number of benzene rings is 1. The summed E-state index contributed by atoms with van der Waals surface area (Å²) in [6, 6.07) is 2.06. The molecule has 0 aliphatic carbocycles. The molecule has 0 saturated carbocycles. The van der Waals surface area contributed by atoms with E-state index < -0.39 is 35.0 Å². The van der Waals surface area contributed by atoms with Crippen molar-refractivity contribution in [2.24, 2.45) is 5.92 Å². The first kappa shape index (κ1) is 14.9. The average Bonchev–Trinajstić information content (AvgIpc) is 2.37. The lowest BCUT2D eigenvalue weighted by atomic mass is 9.96. The summed E-state index contributed by atoms with van der Waals surface area (Å²) < 4.78 is 27.6. The predicted molar refractivity (Wildman–Crippen MR) is 70.3 cm³/mol. The summed E-state index contributed by atoms with van der Waals surface area (Å²) in [6.45, 7) is 0.371. The van der Waals surface area contributed by atoms with Crippen LogP contribution in [0.2, 0.25) is 0 Å². The lowest BCUT2D eigenvalue weighted by Crippen LogP contribution is -2.40. The summed E-state index contributed by atoms with van der Waals surface area (Å²) in [5.41, 5.74) is -0.595. The number of carbonyl (C=O) groups excluding carboxylic acids is 1. The van der Waals surface area contributed by atoms with Crippen LogP contribution in [-0.4, -0.2) is 35.0 Å². The molecular weight excluding hydrogens is 336 g/mol. The second kappa shape index (κ2) is 5.87. The van der Waals surface area contributed by atoms with Crippen molar-refractivity contribution in [3.8, 4) is 0 Å². The third-order valence-electron chi connectivity index (χ3n) is 3.35. The van der Waals surface area contributed by atoms with Crippen LogP contribution in [-0.2, 0) is 4.79 Å². The van der Waals surface area contributed by atoms with Gasteiger partial charge in [-0.1, -0.05) is 15.9 Å². The van der Waals surface area contributed by atoms with Gasteiger partial charge in [0.2, 0.25) is 0 Å². The maximum Gasteiger partial charge on any atom is 0.306 e. The van der Waals surface area contributed by atoms with Crippen LogP contribution in [0.3, 0.4) is 0 Å². The fourth-order valence-electron chi connectivity index (χ4n) is 2.23. The van der Waals surface area contributed by atoms with E-state index in [4.69, 9.17) is 5.11 Å². The number of carboxylic acid groups (broad SMARTS) is 1. The first-order valence-corrected chi connectivity index (χ1v) is 6.86. The summed E-state index contributed by atoms with van der Waals surface area (Å²) in [5.74, 6) is -4.00. The fraction of sp³-hybridized carbons (Fsp3) is 0.385. The number of amides is 1. The lowest BCUT2D eigenvalue weighted by molar-refractivity contribution is -0.143. The van der Waals surface area contributed by atoms with Crippen molar-refractivity contribution in [3.05, 3.63) is 33.8 Å². The maximum atomic E-state index is 13.7. The van der Waals surface area contributed by atoms with E-state index in [1.165, 1.54) is 4.90 Å². The monoisotopic (exact) mass is 347 g/mol. The third kappa shape index (κ3) is 2.98. The molecule has 1 aromatic carbocycles. The van der Waals surface area contributed by atoms with E-state index in [1.807, 2.05) is 0 Å². The van der Waals surface area contributed by atoms with Gasteiger partial charge in [-0.15, -0.1) is 0 Å². The third-order valence-corrected chi connectivity index (χ3v) is 3.81. The van der Waals surface area contributed by atoms with Crippen molar-refractivity contribution >= 4 is 27.8 Å². The Morgan fingerprint density at radius 3 is 2.15 bits per heavy atom. The first-order chi connectivity index (χ1) is 9.40. The Bertz CT molecular complexity index is 534. The summed E-state index contributed by atoms with van der Waals surface area (Å²) in [6.07, 6.45) is 0.585. The summed E-state index contributed by atoms with van der Waals surface area (Å²) >= 11 is 2.95. The molecular formula is C13H12BrF2NO3. The Balaban J connectivity index is 2.16. The van der Waals surface area contributed by atoms with E-state index in [0.29, 0.717) is 12.8 Å². The molecule has 0 radical (unpaired) electrons. The van der Waals surface area contributed by atoms with Crippen LogP contribution in [0, 0.1) is 17.6 Å². The highest BCUT2D eigenvalue weighted by Crippen LogP contribution is 2.24. The zero-order chi connectivity index (χ0) is 14.9. The number of hydrogen-bond donors (Lipinski definition) is 1. The van der Waals surface area contributed by atoms with Gasteiger partial charge in [0, 0.05) is 17.6 Å². The molecule has 1 amide bonds. The molecule has 1 heterocycles. The van der Waals surface area contributed by atoms with Gasteiger partial charge >= 0.3 is 5.97 Å². The number of carboxylic acids is 1. The van der Waals surface area contributed by atoms with Crippen LogP contribution in [0.25, 0.3) is 0 Å². The van der Waals surface area contributed by atoms with Crippen LogP contribution in [0.4, 0.5) is 8.78 Å². The highest BCUT2D eigenvalue weighted by molar-refractivity contribution is 9.10. The van der Waals surface area contributed by atoms with Gasteiger partial charge in [-0.25, -0.2) is 8.78 Å². The second-order valence-corrected chi connectivity index (χ2v) is 5.56. The number of rotatable bonds is 2. The molecule has 2 rings (SSSR count). The first-order valence-electron chi connectivity index (χ1n) is 6.06. The molecule has 1 N–H and O–H groups in total. The average molecular weight is 348 g/mol. The zero-order valence-electron chi connectivity index (χ0n) is 10.4. The molecule has 0 spiro atoms. The number of hydrogen-bond acceptors (Lipinski definition) is 2. The maximum absolute atomic E-state index is 13.7. The fourth-order valence-corrected chi connectivity index (χ4v) is 2.64. The van der Waals surface area contributed by atoms with Crippen LogP contribution < -0.4 is 0 Å². The van der Waals surface area contributed by atoms with Crippen molar-refractivity contribution in [2.75, 3.05) is 13.1 Å². The normalized spacial score (nSPS) is 16.2. The number of piperidine rings is 1. The molecule has 1 saturated heterocycles. The number of nitrogens with zero attached hydrogens (tertiary/aromatic N) is 1. The van der Waals surface area contributed by atoms with Gasteiger partial charge in [0.1, 0.15) is 17.2 Å². The Hall–Kier alpha value is -1.50. The van der Waals surface area contributed by atoms with Crippen LogP contribution in [0.15, 0.2) is 16.6 Å². The summed E-state index contributed by atoms with van der Waals surface area (Å²) in [5, 5.41) is 8.87. The van der Waals surface area contributed by atoms with Gasteiger partial charge in [0.05, 0.1) is 5.92 Å². The van der Waals surface area contributed by atoms with Crippen LogP contribution >= 0.6 is 15.9 Å². The Kier molecular flexibility index (Phi) is 4.37. The molecule has 0 aromatic heterocycles. The number of carbonyl (C=O) groups is 2. The highest BCUT2D eigenvalue weighted by atomic mass is 79.9. The van der Waals surface area contributed by atoms with E-state index in [2.05, 4.69) is 15.9 Å². The van der Waals surface area contributed by atoms with Crippen molar-refractivity contribution < 1.29 is 23.5 Å². The molecule has 1 aromatic rings. The molecule has 1 fully saturated rings. The molecule has 7 heteroatoms. The smallest absolute Gasteiger partial charge is 0.306 e. The minimum Gasteiger partial charge on any atom is -0.481 e. The van der Waals surface area contributed by atoms with Crippen molar-refractivity contribution in [3.63, 3.8) is 0 Å². The van der Waals surface area contributed by atoms with E-state index in [9.17, 15) is 18.4 Å². The molecule has 20 heavy (non-hydrogen) atoms. The van der Waals surface area contributed by atoms with Gasteiger partial charge in [0.15, 0.2) is 0 Å². The van der Waals surface area contributed by atoms with Crippen LogP contribution in [0.1, 0.15) is 23.2 Å². The predicted octanol–water partition coefficient (Wildman–Crippen LogP) is 2.66. The lowest BCUT2D eigenvalue weighted by Gasteiger charge is -2.30. The minimum absolute atomic E-state index is 0.185. The molecule has 0 atom stereocenters. The quantitative estimate of drug-likeness (QED) is 0.894. The van der Waals surface area contributed by atoms with Crippen LogP contribution in [0.5, 0.6) is 0 Å². The number of likely N-dealkylation sites (tertiary alicyclic amines) is 1. The number of halogens is 3.